The minimum absolute atomic E-state index is 0.00675. The molecule has 0 aliphatic heterocycles. The maximum absolute atomic E-state index is 12.3. The normalized spacial score (nSPS) is 23.7. The summed E-state index contributed by atoms with van der Waals surface area (Å²) in [7, 11) is 1.62. The van der Waals surface area contributed by atoms with E-state index in [2.05, 4.69) is 0 Å². The molecule has 1 aliphatic rings. The number of ether oxygens (including phenoxy) is 1. The first-order chi connectivity index (χ1) is 10.7. The summed E-state index contributed by atoms with van der Waals surface area (Å²) in [6.45, 7) is 0. The van der Waals surface area contributed by atoms with Crippen LogP contribution in [-0.4, -0.2) is 18.3 Å². The highest BCUT2D eigenvalue weighted by atomic mass is 35.5. The lowest BCUT2D eigenvalue weighted by atomic mass is 9.82. The molecule has 1 fully saturated rings. The van der Waals surface area contributed by atoms with E-state index < -0.39 is 5.38 Å². The number of hydrogen-bond donors (Lipinski definition) is 0. The van der Waals surface area contributed by atoms with Crippen LogP contribution in [0.3, 0.4) is 0 Å². The monoisotopic (exact) mass is 316 g/mol. The van der Waals surface area contributed by atoms with E-state index >= 15 is 0 Å². The van der Waals surface area contributed by atoms with Gasteiger partial charge in [0.15, 0.2) is 5.78 Å². The van der Waals surface area contributed by atoms with Crippen LogP contribution in [0.4, 0.5) is 0 Å². The Morgan fingerprint density at radius 2 is 2.18 bits per heavy atom. The van der Waals surface area contributed by atoms with Crippen LogP contribution in [0.5, 0.6) is 5.75 Å². The van der Waals surface area contributed by atoms with E-state index in [1.54, 1.807) is 13.4 Å². The van der Waals surface area contributed by atoms with Gasteiger partial charge in [0.05, 0.1) is 18.8 Å². The highest BCUT2D eigenvalue weighted by molar-refractivity contribution is 6.34. The van der Waals surface area contributed by atoms with Crippen molar-refractivity contribution in [3.8, 4) is 5.75 Å². The van der Waals surface area contributed by atoms with Crippen LogP contribution in [0, 0.1) is 0 Å². The number of Topliss-reactive ketones (excluding diaryl/α,β-unsaturated/α-hetero) is 1. The second kappa shape index (κ2) is 6.41. The number of methoxy groups -OCH3 is 1. The molecule has 0 bridgehead atoms. The molecule has 1 aromatic heterocycles. The number of carbonyl (C=O) groups excluding carboxylic acids is 1. The van der Waals surface area contributed by atoms with Crippen LogP contribution in [0.2, 0.25) is 0 Å². The number of ketones is 1. The molecule has 4 heteroatoms. The number of allylic oxidation sites excluding steroid dienone is 1. The van der Waals surface area contributed by atoms with Gasteiger partial charge < -0.3 is 9.15 Å². The fraction of sp³-hybridized carbons (Fsp3) is 0.278. The smallest absolute Gasteiger partial charge is 0.176 e. The lowest BCUT2D eigenvalue weighted by Gasteiger charge is -2.25. The quantitative estimate of drug-likeness (QED) is 0.621. The van der Waals surface area contributed by atoms with Gasteiger partial charge in [0, 0.05) is 5.92 Å². The Hall–Kier alpha value is -2.00. The molecule has 1 heterocycles. The Balaban J connectivity index is 1.89. The molecule has 3 nitrogen and oxygen atoms in total. The molecule has 1 saturated carbocycles. The first-order valence-corrected chi connectivity index (χ1v) is 7.67. The third kappa shape index (κ3) is 3.09. The maximum atomic E-state index is 12.3. The molecule has 0 spiro atoms. The van der Waals surface area contributed by atoms with E-state index in [4.69, 9.17) is 20.8 Å². The lowest BCUT2D eigenvalue weighted by molar-refractivity contribution is -0.116. The maximum Gasteiger partial charge on any atom is 0.176 e. The molecule has 1 aliphatic carbocycles. The van der Waals surface area contributed by atoms with E-state index in [1.807, 2.05) is 42.5 Å². The predicted octanol–water partition coefficient (Wildman–Crippen LogP) is 4.43. The van der Waals surface area contributed by atoms with Crippen molar-refractivity contribution in [2.45, 2.75) is 24.1 Å². The zero-order chi connectivity index (χ0) is 15.5. The van der Waals surface area contributed by atoms with Gasteiger partial charge in [-0.05, 0) is 54.3 Å². The highest BCUT2D eigenvalue weighted by Crippen LogP contribution is 2.37. The number of carbonyl (C=O) groups is 1. The summed E-state index contributed by atoms with van der Waals surface area (Å²) >= 11 is 6.24. The minimum atomic E-state index is -0.499. The van der Waals surface area contributed by atoms with Crippen molar-refractivity contribution in [1.29, 1.82) is 0 Å². The summed E-state index contributed by atoms with van der Waals surface area (Å²) in [5, 5.41) is -0.499. The van der Waals surface area contributed by atoms with E-state index in [0.29, 0.717) is 12.8 Å². The summed E-state index contributed by atoms with van der Waals surface area (Å²) < 4.78 is 10.7. The van der Waals surface area contributed by atoms with E-state index in [1.165, 1.54) is 0 Å². The van der Waals surface area contributed by atoms with Gasteiger partial charge in [-0.1, -0.05) is 12.1 Å². The number of benzene rings is 1. The van der Waals surface area contributed by atoms with Crippen molar-refractivity contribution in [3.05, 3.63) is 59.6 Å². The fourth-order valence-corrected chi connectivity index (χ4v) is 3.17. The average molecular weight is 317 g/mol. The summed E-state index contributed by atoms with van der Waals surface area (Å²) in [5.74, 6) is 1.80. The van der Waals surface area contributed by atoms with Gasteiger partial charge in [0.1, 0.15) is 11.5 Å². The number of alkyl halides is 1. The zero-order valence-corrected chi connectivity index (χ0v) is 13.0. The van der Waals surface area contributed by atoms with Gasteiger partial charge in [0.25, 0.3) is 0 Å². The van der Waals surface area contributed by atoms with Gasteiger partial charge in [-0.15, -0.1) is 11.6 Å². The first-order valence-electron chi connectivity index (χ1n) is 7.23. The SMILES string of the molecule is COc1cccc(C=C2CC(c3ccco3)CC(Cl)C2=O)c1. The average Bonchev–Trinajstić information content (AvgIpc) is 3.06. The standard InChI is InChI=1S/C18H17ClO3/c1-21-15-5-2-4-12(9-15)8-14-10-13(11-16(19)18(14)20)17-6-3-7-22-17/h2-9,13,16H,10-11H2,1H3. The second-order valence-corrected chi connectivity index (χ2v) is 5.96. The zero-order valence-electron chi connectivity index (χ0n) is 12.3. The Kier molecular flexibility index (Phi) is 4.34. The van der Waals surface area contributed by atoms with Gasteiger partial charge in [-0.25, -0.2) is 0 Å². The molecule has 3 rings (SSSR count). The summed E-state index contributed by atoms with van der Waals surface area (Å²) in [4.78, 5) is 12.3. The van der Waals surface area contributed by atoms with Crippen molar-refractivity contribution >= 4 is 23.5 Å². The Bertz CT molecular complexity index is 688. The molecule has 0 N–H and O–H groups in total. The van der Waals surface area contributed by atoms with E-state index in [0.717, 1.165) is 22.6 Å². The highest BCUT2D eigenvalue weighted by Gasteiger charge is 2.33. The molecule has 22 heavy (non-hydrogen) atoms. The second-order valence-electron chi connectivity index (χ2n) is 5.43. The van der Waals surface area contributed by atoms with Crippen molar-refractivity contribution in [3.63, 3.8) is 0 Å². The van der Waals surface area contributed by atoms with Gasteiger partial charge in [-0.3, -0.25) is 4.79 Å². The summed E-state index contributed by atoms with van der Waals surface area (Å²) in [6.07, 6.45) is 4.81. The molecule has 2 unspecified atom stereocenters. The molecule has 0 amide bonds. The van der Waals surface area contributed by atoms with Crippen LogP contribution < -0.4 is 4.74 Å². The van der Waals surface area contributed by atoms with Crippen LogP contribution in [0.15, 0.2) is 52.7 Å². The lowest BCUT2D eigenvalue weighted by Crippen LogP contribution is -2.26. The molecular formula is C18H17ClO3. The molecular weight excluding hydrogens is 300 g/mol. The van der Waals surface area contributed by atoms with Crippen LogP contribution >= 0.6 is 11.6 Å². The Morgan fingerprint density at radius 3 is 2.91 bits per heavy atom. The summed E-state index contributed by atoms with van der Waals surface area (Å²) in [6, 6.07) is 11.4. The molecule has 2 atom stereocenters. The number of hydrogen-bond acceptors (Lipinski definition) is 3. The van der Waals surface area contributed by atoms with Crippen LogP contribution in [0.25, 0.3) is 6.08 Å². The topological polar surface area (TPSA) is 39.4 Å². The molecule has 0 saturated heterocycles. The van der Waals surface area contributed by atoms with Crippen molar-refractivity contribution in [1.82, 2.24) is 0 Å². The van der Waals surface area contributed by atoms with Crippen LogP contribution in [0.1, 0.15) is 30.1 Å². The number of halogens is 1. The molecule has 0 radical (unpaired) electrons. The van der Waals surface area contributed by atoms with Crippen molar-refractivity contribution in [2.24, 2.45) is 0 Å². The summed E-state index contributed by atoms with van der Waals surface area (Å²) in [5.41, 5.74) is 1.67. The third-order valence-electron chi connectivity index (χ3n) is 3.94. The number of rotatable bonds is 3. The molecule has 114 valence electrons. The van der Waals surface area contributed by atoms with Crippen LogP contribution in [-0.2, 0) is 4.79 Å². The van der Waals surface area contributed by atoms with Gasteiger partial charge >= 0.3 is 0 Å². The largest absolute Gasteiger partial charge is 0.497 e. The van der Waals surface area contributed by atoms with Gasteiger partial charge in [-0.2, -0.15) is 0 Å². The van der Waals surface area contributed by atoms with E-state index in [9.17, 15) is 4.79 Å². The molecule has 2 aromatic rings. The molecule has 1 aromatic carbocycles. The first kappa shape index (κ1) is 14.9. The minimum Gasteiger partial charge on any atom is -0.497 e. The number of furan rings is 1. The van der Waals surface area contributed by atoms with Gasteiger partial charge in [0.2, 0.25) is 0 Å². The van der Waals surface area contributed by atoms with Crippen molar-refractivity contribution < 1.29 is 13.9 Å². The predicted molar refractivity (Wildman–Crippen MR) is 86.3 cm³/mol. The Labute approximate surface area is 134 Å². The van der Waals surface area contributed by atoms with Crippen molar-refractivity contribution in [2.75, 3.05) is 7.11 Å². The fourth-order valence-electron chi connectivity index (χ4n) is 2.81. The van der Waals surface area contributed by atoms with E-state index in [-0.39, 0.29) is 11.7 Å². The Morgan fingerprint density at radius 1 is 1.32 bits per heavy atom. The third-order valence-corrected chi connectivity index (χ3v) is 4.32.